The summed E-state index contributed by atoms with van der Waals surface area (Å²) in [7, 11) is 0. The Labute approximate surface area is 88.9 Å². The van der Waals surface area contributed by atoms with E-state index in [1.165, 1.54) is 17.5 Å². The van der Waals surface area contributed by atoms with Gasteiger partial charge in [0, 0.05) is 0 Å². The number of oxazole rings is 1. The van der Waals surface area contributed by atoms with Crippen molar-refractivity contribution in [3.63, 3.8) is 0 Å². The average molecular weight is 199 g/mol. The van der Waals surface area contributed by atoms with E-state index in [4.69, 9.17) is 4.42 Å². The van der Waals surface area contributed by atoms with E-state index in [0.717, 1.165) is 23.9 Å². The minimum absolute atomic E-state index is 0.813. The Morgan fingerprint density at radius 2 is 2.00 bits per heavy atom. The summed E-state index contributed by atoms with van der Waals surface area (Å²) >= 11 is 0. The highest BCUT2D eigenvalue weighted by atomic mass is 16.3. The number of allylic oxidation sites excluding steroid dienone is 2. The summed E-state index contributed by atoms with van der Waals surface area (Å²) in [6.45, 7) is 7.52. The highest BCUT2D eigenvalue weighted by Crippen LogP contribution is 2.22. The highest BCUT2D eigenvalue weighted by Gasteiger charge is 2.08. The fraction of sp³-hybridized carbons (Fsp3) is 0.154. The molecular formula is C13H13NO. The van der Waals surface area contributed by atoms with Gasteiger partial charge in [0.2, 0.25) is 0 Å². The van der Waals surface area contributed by atoms with Gasteiger partial charge in [0.05, 0.1) is 0 Å². The van der Waals surface area contributed by atoms with Crippen LogP contribution in [0.2, 0.25) is 0 Å². The zero-order valence-electron chi connectivity index (χ0n) is 8.57. The molecule has 2 aromatic rings. The summed E-state index contributed by atoms with van der Waals surface area (Å²) in [6.07, 6.45) is 6.93. The lowest BCUT2D eigenvalue weighted by molar-refractivity contribution is 0.602. The van der Waals surface area contributed by atoms with Crippen LogP contribution in [0.3, 0.4) is 0 Å². The topological polar surface area (TPSA) is 26.0 Å². The van der Waals surface area contributed by atoms with E-state index >= 15 is 0 Å². The van der Waals surface area contributed by atoms with E-state index in [-0.39, 0.29) is 0 Å². The molecule has 0 saturated heterocycles. The molecule has 0 spiro atoms. The van der Waals surface area contributed by atoms with E-state index < -0.39 is 0 Å². The van der Waals surface area contributed by atoms with Gasteiger partial charge in [0.15, 0.2) is 12.0 Å². The van der Waals surface area contributed by atoms with Crippen LogP contribution >= 0.6 is 0 Å². The molecule has 1 heterocycles. The molecule has 2 nitrogen and oxygen atoms in total. The first-order valence-electron chi connectivity index (χ1n) is 4.92. The molecule has 2 rings (SSSR count). The van der Waals surface area contributed by atoms with Crippen LogP contribution in [-0.2, 0) is 12.8 Å². The molecular weight excluding hydrogens is 186 g/mol. The summed E-state index contributed by atoms with van der Waals surface area (Å²) in [4.78, 5) is 4.23. The minimum atomic E-state index is 0.813. The minimum Gasteiger partial charge on any atom is -0.443 e. The zero-order valence-corrected chi connectivity index (χ0v) is 8.57. The van der Waals surface area contributed by atoms with E-state index in [1.54, 1.807) is 0 Å². The lowest BCUT2D eigenvalue weighted by Crippen LogP contribution is -1.93. The molecule has 2 heteroatoms. The Bertz CT molecular complexity index is 496. The van der Waals surface area contributed by atoms with Gasteiger partial charge in [-0.1, -0.05) is 18.2 Å². The maximum absolute atomic E-state index is 5.27. The van der Waals surface area contributed by atoms with Crippen LogP contribution < -0.4 is 0 Å². The molecule has 1 aromatic heterocycles. The molecule has 15 heavy (non-hydrogen) atoms. The van der Waals surface area contributed by atoms with E-state index in [9.17, 15) is 0 Å². The number of benzene rings is 1. The van der Waals surface area contributed by atoms with Gasteiger partial charge in [-0.25, -0.2) is 4.98 Å². The summed E-state index contributed by atoms with van der Waals surface area (Å²) in [5.74, 6) is 0. The van der Waals surface area contributed by atoms with Gasteiger partial charge >= 0.3 is 0 Å². The normalized spacial score (nSPS) is 10.4. The Morgan fingerprint density at radius 3 is 2.73 bits per heavy atom. The van der Waals surface area contributed by atoms with Gasteiger partial charge in [0.25, 0.3) is 0 Å². The third-order valence-corrected chi connectivity index (χ3v) is 2.42. The Morgan fingerprint density at radius 1 is 1.20 bits per heavy atom. The van der Waals surface area contributed by atoms with Crippen LogP contribution in [0.15, 0.2) is 48.3 Å². The molecule has 0 aliphatic rings. The van der Waals surface area contributed by atoms with Gasteiger partial charge in [-0.05, 0) is 30.0 Å². The highest BCUT2D eigenvalue weighted by molar-refractivity contribution is 5.78. The second kappa shape index (κ2) is 4.13. The monoisotopic (exact) mass is 199 g/mol. The fourth-order valence-electron chi connectivity index (χ4n) is 1.75. The van der Waals surface area contributed by atoms with Gasteiger partial charge in [-0.2, -0.15) is 0 Å². The van der Waals surface area contributed by atoms with E-state index in [0.29, 0.717) is 0 Å². The summed E-state index contributed by atoms with van der Waals surface area (Å²) in [5.41, 5.74) is 4.20. The molecule has 0 unspecified atom stereocenters. The molecule has 0 fully saturated rings. The first-order chi connectivity index (χ1) is 7.36. The van der Waals surface area contributed by atoms with Crippen molar-refractivity contribution in [1.82, 2.24) is 4.98 Å². The smallest absolute Gasteiger partial charge is 0.181 e. The summed E-state index contributed by atoms with van der Waals surface area (Å²) < 4.78 is 5.27. The van der Waals surface area contributed by atoms with Crippen LogP contribution in [0, 0.1) is 0 Å². The molecule has 0 N–H and O–H groups in total. The third kappa shape index (κ3) is 1.71. The van der Waals surface area contributed by atoms with Gasteiger partial charge < -0.3 is 4.42 Å². The maximum Gasteiger partial charge on any atom is 0.181 e. The SMILES string of the molecule is C=CCc1ccc2ocnc2c1CC=C. The van der Waals surface area contributed by atoms with Crippen molar-refractivity contribution in [3.05, 3.63) is 55.0 Å². The molecule has 0 amide bonds. The number of fused-ring (bicyclic) bond motifs is 1. The summed E-state index contributed by atoms with van der Waals surface area (Å²) in [5, 5.41) is 0. The predicted octanol–water partition coefficient (Wildman–Crippen LogP) is 3.28. The molecule has 0 aliphatic heterocycles. The molecule has 1 aromatic carbocycles. The van der Waals surface area contributed by atoms with Gasteiger partial charge in [0.1, 0.15) is 5.52 Å². The van der Waals surface area contributed by atoms with Crippen LogP contribution in [0.4, 0.5) is 0 Å². The van der Waals surface area contributed by atoms with Crippen molar-refractivity contribution in [2.24, 2.45) is 0 Å². The van der Waals surface area contributed by atoms with Crippen LogP contribution in [0.1, 0.15) is 11.1 Å². The average Bonchev–Trinajstić information content (AvgIpc) is 2.70. The second-order valence-electron chi connectivity index (χ2n) is 3.39. The van der Waals surface area contributed by atoms with Crippen molar-refractivity contribution in [2.45, 2.75) is 12.8 Å². The van der Waals surface area contributed by atoms with Crippen molar-refractivity contribution >= 4 is 11.1 Å². The zero-order chi connectivity index (χ0) is 10.7. The summed E-state index contributed by atoms with van der Waals surface area (Å²) in [6, 6.07) is 4.02. The van der Waals surface area contributed by atoms with E-state index in [1.807, 2.05) is 18.2 Å². The van der Waals surface area contributed by atoms with Crippen molar-refractivity contribution < 1.29 is 4.42 Å². The van der Waals surface area contributed by atoms with Gasteiger partial charge in [-0.3, -0.25) is 0 Å². The molecule has 0 saturated carbocycles. The largest absolute Gasteiger partial charge is 0.443 e. The molecule has 0 bridgehead atoms. The van der Waals surface area contributed by atoms with E-state index in [2.05, 4.69) is 24.2 Å². The molecule has 76 valence electrons. The Hall–Kier alpha value is -1.83. The van der Waals surface area contributed by atoms with Gasteiger partial charge in [-0.15, -0.1) is 13.2 Å². The van der Waals surface area contributed by atoms with Crippen LogP contribution in [0.25, 0.3) is 11.1 Å². The van der Waals surface area contributed by atoms with Crippen molar-refractivity contribution in [3.8, 4) is 0 Å². The Kier molecular flexibility index (Phi) is 2.68. The predicted molar refractivity (Wildman–Crippen MR) is 61.8 cm³/mol. The quantitative estimate of drug-likeness (QED) is 0.706. The number of hydrogen-bond acceptors (Lipinski definition) is 2. The molecule has 0 atom stereocenters. The van der Waals surface area contributed by atoms with Crippen molar-refractivity contribution in [1.29, 1.82) is 0 Å². The second-order valence-corrected chi connectivity index (χ2v) is 3.39. The third-order valence-electron chi connectivity index (χ3n) is 2.42. The standard InChI is InChI=1S/C13H13NO/c1-3-5-10-7-8-12-13(14-9-15-12)11(10)6-4-2/h3-4,7-9H,1-2,5-6H2. The lowest BCUT2D eigenvalue weighted by atomic mass is 10.0. The first kappa shape index (κ1) is 9.71. The van der Waals surface area contributed by atoms with Crippen LogP contribution in [-0.4, -0.2) is 4.98 Å². The Balaban J connectivity index is 2.62. The maximum atomic E-state index is 5.27. The number of hydrogen-bond donors (Lipinski definition) is 0. The van der Waals surface area contributed by atoms with Crippen LogP contribution in [0.5, 0.6) is 0 Å². The lowest BCUT2D eigenvalue weighted by Gasteiger charge is -2.05. The molecule has 0 radical (unpaired) electrons. The number of rotatable bonds is 4. The first-order valence-corrected chi connectivity index (χ1v) is 4.92. The number of aromatic nitrogens is 1. The number of nitrogens with zero attached hydrogens (tertiary/aromatic N) is 1. The molecule has 0 aliphatic carbocycles. The van der Waals surface area contributed by atoms with Crippen molar-refractivity contribution in [2.75, 3.05) is 0 Å². The fourth-order valence-corrected chi connectivity index (χ4v) is 1.75.